The maximum absolute atomic E-state index is 12.1. The van der Waals surface area contributed by atoms with E-state index in [0.29, 0.717) is 11.1 Å². The number of sulfonamides is 1. The number of nitriles is 1. The van der Waals surface area contributed by atoms with E-state index < -0.39 is 10.0 Å². The first kappa shape index (κ1) is 13.0. The van der Waals surface area contributed by atoms with Gasteiger partial charge in [-0.25, -0.2) is 13.1 Å². The quantitative estimate of drug-likeness (QED) is 0.907. The fraction of sp³-hybridized carbons (Fsp3) is 0.182. The van der Waals surface area contributed by atoms with Crippen molar-refractivity contribution in [3.63, 3.8) is 0 Å². The first-order chi connectivity index (χ1) is 8.92. The van der Waals surface area contributed by atoms with E-state index in [9.17, 15) is 8.42 Å². The van der Waals surface area contributed by atoms with Gasteiger partial charge in [-0.1, -0.05) is 5.10 Å². The van der Waals surface area contributed by atoms with Crippen LogP contribution < -0.4 is 4.72 Å². The van der Waals surface area contributed by atoms with Crippen LogP contribution in [-0.2, 0) is 10.0 Å². The van der Waals surface area contributed by atoms with E-state index in [4.69, 9.17) is 9.68 Å². The monoisotopic (exact) mass is 278 g/mol. The Balaban J connectivity index is 2.37. The fourth-order valence-corrected chi connectivity index (χ4v) is 2.68. The normalized spacial score (nSPS) is 11.0. The van der Waals surface area contributed by atoms with E-state index >= 15 is 0 Å². The van der Waals surface area contributed by atoms with Crippen LogP contribution in [0.3, 0.4) is 0 Å². The van der Waals surface area contributed by atoms with Gasteiger partial charge in [0.05, 0.1) is 16.5 Å². The number of aryl methyl sites for hydroxylation is 2. The Morgan fingerprint density at radius 1 is 1.32 bits per heavy atom. The molecule has 1 heterocycles. The van der Waals surface area contributed by atoms with E-state index in [1.54, 1.807) is 13.8 Å². The lowest BCUT2D eigenvalue weighted by molar-refractivity contribution is 0.534. The van der Waals surface area contributed by atoms with Crippen molar-refractivity contribution in [2.75, 3.05) is 4.72 Å². The lowest BCUT2D eigenvalue weighted by atomic mass is 10.2. The van der Waals surface area contributed by atoms with Crippen LogP contribution in [0, 0.1) is 25.2 Å². The number of rotatable bonds is 3. The second kappa shape index (κ2) is 4.70. The predicted molar refractivity (Wildman–Crippen MR) is 65.7 cm³/mol. The topological polar surface area (TPSA) is 109 Å². The zero-order chi connectivity index (χ0) is 14.0. The van der Waals surface area contributed by atoms with Crippen molar-refractivity contribution in [2.24, 2.45) is 0 Å². The summed E-state index contributed by atoms with van der Waals surface area (Å²) in [4.78, 5) is 0.0577. The third-order valence-electron chi connectivity index (χ3n) is 2.34. The highest BCUT2D eigenvalue weighted by Crippen LogP contribution is 2.19. The maximum atomic E-state index is 12.1. The van der Waals surface area contributed by atoms with Gasteiger partial charge in [-0.2, -0.15) is 5.26 Å². The average Bonchev–Trinajstić information content (AvgIpc) is 2.73. The van der Waals surface area contributed by atoms with Gasteiger partial charge in [-0.05, 0) is 30.7 Å². The second-order valence-electron chi connectivity index (χ2n) is 3.82. The third-order valence-corrected chi connectivity index (χ3v) is 3.82. The molecule has 0 saturated heterocycles. The highest BCUT2D eigenvalue weighted by molar-refractivity contribution is 7.92. The largest absolute Gasteiger partial charge is 0.408 e. The number of benzene rings is 1. The van der Waals surface area contributed by atoms with Crippen molar-refractivity contribution >= 4 is 16.0 Å². The molecule has 0 aliphatic heterocycles. The number of hydrogen-bond donors (Lipinski definition) is 1. The molecular weight excluding hydrogens is 268 g/mol. The van der Waals surface area contributed by atoms with Gasteiger partial charge in [0, 0.05) is 6.92 Å². The van der Waals surface area contributed by atoms with Gasteiger partial charge in [0.25, 0.3) is 10.0 Å². The summed E-state index contributed by atoms with van der Waals surface area (Å²) in [6.45, 7) is 3.16. The van der Waals surface area contributed by atoms with Crippen molar-refractivity contribution in [1.29, 1.82) is 5.26 Å². The maximum Gasteiger partial charge on any atom is 0.329 e. The number of hydrogen-bond acceptors (Lipinski definition) is 6. The first-order valence-corrected chi connectivity index (χ1v) is 6.74. The molecule has 0 spiro atoms. The van der Waals surface area contributed by atoms with Crippen LogP contribution in [-0.4, -0.2) is 18.6 Å². The molecule has 7 nitrogen and oxygen atoms in total. The van der Waals surface area contributed by atoms with Gasteiger partial charge in [0.2, 0.25) is 5.89 Å². The van der Waals surface area contributed by atoms with Crippen LogP contribution >= 0.6 is 0 Å². The fourth-order valence-electron chi connectivity index (χ4n) is 1.53. The van der Waals surface area contributed by atoms with Crippen molar-refractivity contribution < 1.29 is 12.8 Å². The summed E-state index contributed by atoms with van der Waals surface area (Å²) < 4.78 is 31.4. The Bertz CT molecular complexity index is 758. The number of nitrogens with zero attached hydrogens (tertiary/aromatic N) is 3. The molecule has 0 aliphatic carbocycles. The highest BCUT2D eigenvalue weighted by atomic mass is 32.2. The molecular formula is C11H10N4O3S. The minimum atomic E-state index is -3.81. The third kappa shape index (κ3) is 2.71. The standard InChI is InChI=1S/C11H10N4O3S/c1-7-5-9(6-12)3-4-10(7)19(16,17)15-11-14-13-8(2)18-11/h3-5H,1-2H3,(H,14,15). The molecule has 1 aromatic heterocycles. The Hall–Kier alpha value is -2.40. The molecule has 0 aliphatic rings. The second-order valence-corrected chi connectivity index (χ2v) is 5.47. The number of nitrogens with one attached hydrogen (secondary N) is 1. The van der Waals surface area contributed by atoms with Crippen LogP contribution in [0.4, 0.5) is 6.01 Å². The molecule has 98 valence electrons. The molecule has 8 heteroatoms. The average molecular weight is 278 g/mol. The molecule has 0 fully saturated rings. The van der Waals surface area contributed by atoms with E-state index in [0.717, 1.165) is 0 Å². The van der Waals surface area contributed by atoms with Gasteiger partial charge < -0.3 is 4.42 Å². The molecule has 0 bridgehead atoms. The van der Waals surface area contributed by atoms with E-state index in [2.05, 4.69) is 14.9 Å². The summed E-state index contributed by atoms with van der Waals surface area (Å²) in [5.74, 6) is 0.259. The van der Waals surface area contributed by atoms with Gasteiger partial charge in [-0.3, -0.25) is 0 Å². The van der Waals surface area contributed by atoms with E-state index in [1.807, 2.05) is 6.07 Å². The summed E-state index contributed by atoms with van der Waals surface area (Å²) >= 11 is 0. The minimum Gasteiger partial charge on any atom is -0.408 e. The summed E-state index contributed by atoms with van der Waals surface area (Å²) in [7, 11) is -3.81. The molecule has 1 aromatic carbocycles. The summed E-state index contributed by atoms with van der Waals surface area (Å²) in [5.41, 5.74) is 0.855. The van der Waals surface area contributed by atoms with Crippen LogP contribution in [0.15, 0.2) is 27.5 Å². The zero-order valence-electron chi connectivity index (χ0n) is 10.2. The highest BCUT2D eigenvalue weighted by Gasteiger charge is 2.19. The van der Waals surface area contributed by atoms with Crippen molar-refractivity contribution in [2.45, 2.75) is 18.7 Å². The van der Waals surface area contributed by atoms with Crippen molar-refractivity contribution in [3.05, 3.63) is 35.2 Å². The summed E-state index contributed by atoms with van der Waals surface area (Å²) in [5, 5.41) is 15.8. The van der Waals surface area contributed by atoms with Gasteiger partial charge >= 0.3 is 6.01 Å². The Morgan fingerprint density at radius 2 is 2.05 bits per heavy atom. The number of anilines is 1. The Kier molecular flexibility index (Phi) is 3.23. The van der Waals surface area contributed by atoms with Crippen LogP contribution in [0.1, 0.15) is 17.0 Å². The molecule has 0 amide bonds. The molecule has 19 heavy (non-hydrogen) atoms. The van der Waals surface area contributed by atoms with Crippen LogP contribution in [0.25, 0.3) is 0 Å². The molecule has 0 atom stereocenters. The van der Waals surface area contributed by atoms with Crippen molar-refractivity contribution in [1.82, 2.24) is 10.2 Å². The summed E-state index contributed by atoms with van der Waals surface area (Å²) in [6.07, 6.45) is 0. The zero-order valence-corrected chi connectivity index (χ0v) is 11.0. The van der Waals surface area contributed by atoms with Crippen LogP contribution in [0.5, 0.6) is 0 Å². The smallest absolute Gasteiger partial charge is 0.329 e. The van der Waals surface area contributed by atoms with Crippen molar-refractivity contribution in [3.8, 4) is 6.07 Å². The molecule has 2 rings (SSSR count). The molecule has 0 unspecified atom stereocenters. The SMILES string of the molecule is Cc1nnc(NS(=O)(=O)c2ccc(C#N)cc2C)o1. The molecule has 0 radical (unpaired) electrons. The Labute approximate surface area is 109 Å². The molecule has 0 saturated carbocycles. The molecule has 1 N–H and O–H groups in total. The van der Waals surface area contributed by atoms with E-state index in [1.165, 1.54) is 18.2 Å². The summed E-state index contributed by atoms with van der Waals surface area (Å²) in [6, 6.07) is 6.04. The van der Waals surface area contributed by atoms with Gasteiger partial charge in [0.15, 0.2) is 0 Å². The lowest BCUT2D eigenvalue weighted by Gasteiger charge is -2.07. The van der Waals surface area contributed by atoms with Gasteiger partial charge in [-0.15, -0.1) is 5.10 Å². The minimum absolute atomic E-state index is 0.0577. The number of aromatic nitrogens is 2. The van der Waals surface area contributed by atoms with Gasteiger partial charge in [0.1, 0.15) is 0 Å². The predicted octanol–water partition coefficient (Wildman–Crippen LogP) is 1.36. The molecule has 2 aromatic rings. The van der Waals surface area contributed by atoms with Crippen LogP contribution in [0.2, 0.25) is 0 Å². The first-order valence-electron chi connectivity index (χ1n) is 5.26. The lowest BCUT2D eigenvalue weighted by Crippen LogP contribution is -2.14. The Morgan fingerprint density at radius 3 is 2.58 bits per heavy atom. The van der Waals surface area contributed by atoms with E-state index in [-0.39, 0.29) is 16.8 Å².